The molecule has 32 heavy (non-hydrogen) atoms. The Morgan fingerprint density at radius 1 is 0.656 bits per heavy atom. The fraction of sp³-hybridized carbons (Fsp3) is 0. The zero-order valence-corrected chi connectivity index (χ0v) is 19.2. The van der Waals surface area contributed by atoms with E-state index in [1.165, 1.54) is 0 Å². The third kappa shape index (κ3) is 4.30. The maximum Gasteiger partial charge on any atom is 0.286 e. The van der Waals surface area contributed by atoms with Crippen molar-refractivity contribution in [3.8, 4) is 0 Å². The highest BCUT2D eigenvalue weighted by atomic mass is 32.2. The van der Waals surface area contributed by atoms with Gasteiger partial charge in [-0.3, -0.25) is 30.0 Å². The van der Waals surface area contributed by atoms with Crippen LogP contribution in [0, 0.1) is 0 Å². The van der Waals surface area contributed by atoms with Crippen molar-refractivity contribution in [3.05, 3.63) is 81.6 Å². The van der Waals surface area contributed by atoms with Gasteiger partial charge in [0.25, 0.3) is 23.6 Å². The minimum Gasteiger partial charge on any atom is -0.267 e. The van der Waals surface area contributed by atoms with E-state index in [4.69, 9.17) is 24.4 Å². The fourth-order valence-electron chi connectivity index (χ4n) is 2.71. The third-order valence-corrected chi connectivity index (χ3v) is 7.12. The molecule has 0 aliphatic carbocycles. The first kappa shape index (κ1) is 22.1. The Bertz CT molecular complexity index is 1110. The quantitative estimate of drug-likeness (QED) is 0.488. The smallest absolute Gasteiger partial charge is 0.267 e. The molecule has 0 spiro atoms. The van der Waals surface area contributed by atoms with Gasteiger partial charge >= 0.3 is 0 Å². The van der Waals surface area contributed by atoms with Gasteiger partial charge in [0.15, 0.2) is 8.64 Å². The lowest BCUT2D eigenvalue weighted by atomic mass is 10.2. The number of hydrogen-bond acceptors (Lipinski definition) is 8. The predicted molar refractivity (Wildman–Crippen MR) is 129 cm³/mol. The first-order valence-corrected chi connectivity index (χ1v) is 11.4. The number of nitrogens with zero attached hydrogens (tertiary/aromatic N) is 2. The van der Waals surface area contributed by atoms with Crippen LogP contribution in [-0.4, -0.2) is 42.3 Å². The van der Waals surface area contributed by atoms with E-state index in [1.54, 1.807) is 60.7 Å². The van der Waals surface area contributed by atoms with Crippen LogP contribution < -0.4 is 10.9 Å². The molecule has 2 aromatic carbocycles. The number of benzene rings is 2. The summed E-state index contributed by atoms with van der Waals surface area (Å²) in [5, 5.41) is 1.83. The summed E-state index contributed by atoms with van der Waals surface area (Å²) < 4.78 is 0.126. The minimum absolute atomic E-state index is 0.0252. The highest BCUT2D eigenvalue weighted by Gasteiger charge is 2.43. The number of nitrogens with one attached hydrogen (secondary N) is 2. The summed E-state index contributed by atoms with van der Waals surface area (Å²) in [6.07, 6.45) is 0. The number of rotatable bonds is 4. The molecule has 0 atom stereocenters. The molecule has 8 nitrogen and oxygen atoms in total. The predicted octanol–water partition coefficient (Wildman–Crippen LogP) is 2.61. The molecule has 2 N–H and O–H groups in total. The SMILES string of the molecule is O=C(NN1C(=O)C(=C2SC(=S)N(NC(=O)c3ccccc3)C2=O)SC1=S)c1ccccc1. The molecule has 160 valence electrons. The van der Waals surface area contributed by atoms with E-state index in [0.29, 0.717) is 11.1 Å². The van der Waals surface area contributed by atoms with Crippen molar-refractivity contribution in [1.29, 1.82) is 0 Å². The average Bonchev–Trinajstić information content (AvgIpc) is 3.24. The van der Waals surface area contributed by atoms with Gasteiger partial charge in [0.2, 0.25) is 0 Å². The van der Waals surface area contributed by atoms with Crippen LogP contribution in [0.25, 0.3) is 0 Å². The van der Waals surface area contributed by atoms with Crippen LogP contribution in [0.1, 0.15) is 20.7 Å². The van der Waals surface area contributed by atoms with Crippen LogP contribution in [0.4, 0.5) is 0 Å². The molecule has 12 heteroatoms. The number of thiocarbonyl (C=S) groups is 2. The van der Waals surface area contributed by atoms with Crippen LogP contribution in [0.5, 0.6) is 0 Å². The van der Waals surface area contributed by atoms with E-state index in [9.17, 15) is 19.2 Å². The molecule has 0 unspecified atom stereocenters. The number of thioether (sulfide) groups is 2. The van der Waals surface area contributed by atoms with Gasteiger partial charge in [-0.1, -0.05) is 59.9 Å². The van der Waals surface area contributed by atoms with Crippen molar-refractivity contribution < 1.29 is 19.2 Å². The van der Waals surface area contributed by atoms with E-state index < -0.39 is 23.6 Å². The standard InChI is InChI=1S/C20H12N4O4S4/c25-15(11-7-3-1-4-8-11)21-23-17(27)13(31-19(23)29)14-18(28)24(20(30)32-14)22-16(26)12-9-5-2-6-10-12/h1-10H,(H,21,25)(H,22,26). The molecule has 2 fully saturated rings. The lowest BCUT2D eigenvalue weighted by molar-refractivity contribution is -0.126. The van der Waals surface area contributed by atoms with Crippen LogP contribution in [0.2, 0.25) is 0 Å². The van der Waals surface area contributed by atoms with Crippen LogP contribution in [-0.2, 0) is 9.59 Å². The van der Waals surface area contributed by atoms with Crippen molar-refractivity contribution in [1.82, 2.24) is 20.9 Å². The lowest BCUT2D eigenvalue weighted by Crippen LogP contribution is -2.45. The Morgan fingerprint density at radius 3 is 1.34 bits per heavy atom. The molecule has 2 aromatic rings. The Kier molecular flexibility index (Phi) is 6.37. The van der Waals surface area contributed by atoms with Crippen molar-refractivity contribution in [2.45, 2.75) is 0 Å². The van der Waals surface area contributed by atoms with Gasteiger partial charge in [0, 0.05) is 11.1 Å². The highest BCUT2D eigenvalue weighted by molar-refractivity contribution is 8.29. The molecule has 2 aliphatic rings. The Hall–Kier alpha value is -3.06. The lowest BCUT2D eigenvalue weighted by Gasteiger charge is -2.16. The topological polar surface area (TPSA) is 98.8 Å². The molecule has 0 bridgehead atoms. The molecular formula is C20H12N4O4S4. The maximum absolute atomic E-state index is 12.9. The molecule has 4 amide bonds. The fourth-order valence-corrected chi connectivity index (χ4v) is 5.23. The molecule has 0 saturated carbocycles. The van der Waals surface area contributed by atoms with Crippen molar-refractivity contribution in [2.75, 3.05) is 0 Å². The van der Waals surface area contributed by atoms with Crippen molar-refractivity contribution in [2.24, 2.45) is 0 Å². The van der Waals surface area contributed by atoms with Crippen LogP contribution in [0.3, 0.4) is 0 Å². The largest absolute Gasteiger partial charge is 0.286 e. The number of carbonyl (C=O) groups is 4. The van der Waals surface area contributed by atoms with E-state index in [2.05, 4.69) is 10.9 Å². The molecule has 2 heterocycles. The van der Waals surface area contributed by atoms with Gasteiger partial charge in [-0.05, 0) is 48.7 Å². The average molecular weight is 501 g/mol. The summed E-state index contributed by atoms with van der Waals surface area (Å²) in [4.78, 5) is 50.7. The van der Waals surface area contributed by atoms with Gasteiger partial charge in [0.05, 0.1) is 0 Å². The van der Waals surface area contributed by atoms with Gasteiger partial charge in [0.1, 0.15) is 9.81 Å². The first-order chi connectivity index (χ1) is 15.4. The Balaban J connectivity index is 1.52. The summed E-state index contributed by atoms with van der Waals surface area (Å²) in [5.74, 6) is -2.35. The second-order valence-electron chi connectivity index (χ2n) is 6.29. The number of hydrazine groups is 2. The van der Waals surface area contributed by atoms with Crippen molar-refractivity contribution in [3.63, 3.8) is 0 Å². The molecule has 0 aromatic heterocycles. The summed E-state index contributed by atoms with van der Waals surface area (Å²) in [7, 11) is 0. The van der Waals surface area contributed by atoms with Gasteiger partial charge in [-0.15, -0.1) is 0 Å². The number of amides is 4. The second kappa shape index (κ2) is 9.20. The molecular weight excluding hydrogens is 489 g/mol. The van der Waals surface area contributed by atoms with Crippen molar-refractivity contribution >= 4 is 80.2 Å². The number of carbonyl (C=O) groups excluding carboxylic acids is 4. The Morgan fingerprint density at radius 2 is 1.00 bits per heavy atom. The maximum atomic E-state index is 12.9. The first-order valence-electron chi connectivity index (χ1n) is 8.95. The van der Waals surface area contributed by atoms with E-state index in [-0.39, 0.29) is 18.5 Å². The molecule has 2 saturated heterocycles. The van der Waals surface area contributed by atoms with Gasteiger partial charge in [-0.2, -0.15) is 10.0 Å². The monoisotopic (exact) mass is 500 g/mol. The normalized spacial score (nSPS) is 18.4. The molecule has 4 rings (SSSR count). The summed E-state index contributed by atoms with van der Waals surface area (Å²) in [6, 6.07) is 16.6. The Labute approximate surface area is 201 Å². The summed E-state index contributed by atoms with van der Waals surface area (Å²) in [6.45, 7) is 0. The van der Waals surface area contributed by atoms with E-state index in [1.807, 2.05) is 0 Å². The molecule has 0 radical (unpaired) electrons. The zero-order chi connectivity index (χ0) is 22.8. The highest BCUT2D eigenvalue weighted by Crippen LogP contribution is 2.41. The third-order valence-electron chi connectivity index (χ3n) is 4.24. The van der Waals surface area contributed by atoms with Gasteiger partial charge in [-0.25, -0.2) is 0 Å². The molecule has 2 aliphatic heterocycles. The van der Waals surface area contributed by atoms with E-state index in [0.717, 1.165) is 33.5 Å². The minimum atomic E-state index is -0.654. The van der Waals surface area contributed by atoms with Crippen LogP contribution in [0.15, 0.2) is 70.5 Å². The second-order valence-corrected chi connectivity index (χ2v) is 9.58. The number of hydrogen-bond donors (Lipinski definition) is 2. The summed E-state index contributed by atoms with van der Waals surface area (Å²) >= 11 is 12.2. The van der Waals surface area contributed by atoms with E-state index >= 15 is 0 Å². The summed E-state index contributed by atoms with van der Waals surface area (Å²) in [5.41, 5.74) is 5.59. The zero-order valence-electron chi connectivity index (χ0n) is 15.9. The van der Waals surface area contributed by atoms with Gasteiger partial charge < -0.3 is 0 Å². The van der Waals surface area contributed by atoms with Crippen LogP contribution >= 0.6 is 48.0 Å².